The van der Waals surface area contributed by atoms with Crippen molar-refractivity contribution in [3.8, 4) is 0 Å². The van der Waals surface area contributed by atoms with Crippen LogP contribution in [-0.4, -0.2) is 59.1 Å². The molecule has 0 saturated heterocycles. The van der Waals surface area contributed by atoms with Gasteiger partial charge in [0.1, 0.15) is 0 Å². The molecule has 0 unspecified atom stereocenters. The van der Waals surface area contributed by atoms with Crippen LogP contribution < -0.4 is 5.73 Å². The Labute approximate surface area is 122 Å². The molecule has 0 fully saturated rings. The van der Waals surface area contributed by atoms with E-state index in [0.717, 1.165) is 11.1 Å². The van der Waals surface area contributed by atoms with Crippen molar-refractivity contribution in [1.82, 2.24) is 0 Å². The van der Waals surface area contributed by atoms with Crippen molar-refractivity contribution in [2.75, 3.05) is 5.73 Å². The van der Waals surface area contributed by atoms with Crippen molar-refractivity contribution in [3.05, 3.63) is 42.5 Å². The summed E-state index contributed by atoms with van der Waals surface area (Å²) in [6.07, 6.45) is 0. The molecular weight excluding hydrogens is 180 g/mol. The molecule has 0 saturated carbocycles. The van der Waals surface area contributed by atoms with Crippen LogP contribution >= 0.6 is 0 Å². The first-order valence-corrected chi connectivity index (χ1v) is 3.61. The van der Waals surface area contributed by atoms with Gasteiger partial charge in [-0.1, -0.05) is 36.4 Å². The molecule has 0 heterocycles. The third-order valence-electron chi connectivity index (χ3n) is 1.82. The van der Waals surface area contributed by atoms with Crippen molar-refractivity contribution in [1.29, 1.82) is 0 Å². The van der Waals surface area contributed by atoms with Gasteiger partial charge in [0, 0.05) is 11.1 Å². The van der Waals surface area contributed by atoms with E-state index in [1.807, 2.05) is 30.3 Å². The van der Waals surface area contributed by atoms with Crippen molar-refractivity contribution >= 4 is 75.6 Å². The van der Waals surface area contributed by atoms with Crippen LogP contribution in [0.5, 0.6) is 0 Å². The Kier molecular flexibility index (Phi) is 6.31. The second-order valence-electron chi connectivity index (χ2n) is 2.57. The molecule has 0 aliphatic heterocycles. The van der Waals surface area contributed by atoms with Crippen LogP contribution in [0.2, 0.25) is 0 Å². The van der Waals surface area contributed by atoms with Crippen LogP contribution in [0.1, 0.15) is 0 Å². The van der Waals surface area contributed by atoms with Crippen LogP contribution in [0.15, 0.2) is 42.5 Å². The molecule has 1 nitrogen and oxygen atoms in total. The summed E-state index contributed by atoms with van der Waals surface area (Å²) in [5.74, 6) is 0. The molecule has 0 bridgehead atoms. The zero-order valence-electron chi connectivity index (χ0n) is 6.12. The zero-order valence-corrected chi connectivity index (χ0v) is 6.12. The van der Waals surface area contributed by atoms with E-state index in [1.54, 1.807) is 0 Å². The molecule has 2 N–H and O–H groups in total. The van der Waals surface area contributed by atoms with Gasteiger partial charge < -0.3 is 5.73 Å². The molecule has 2 aromatic carbocycles. The number of hydrogen-bond acceptors (Lipinski definition) is 1. The molecule has 0 amide bonds. The predicted molar refractivity (Wildman–Crippen MR) is 62.7 cm³/mol. The van der Waals surface area contributed by atoms with Crippen LogP contribution in [0.3, 0.4) is 0 Å². The summed E-state index contributed by atoms with van der Waals surface area (Å²) in [6.45, 7) is 0. The van der Waals surface area contributed by atoms with E-state index in [1.165, 1.54) is 5.39 Å². The van der Waals surface area contributed by atoms with Gasteiger partial charge in [0.15, 0.2) is 0 Å². The monoisotopic (exact) mass is 191 g/mol. The SMILES string of the molecule is Nc1cccc2ccccc12.[NaH].[NaH]. The fourth-order valence-electron chi connectivity index (χ4n) is 1.25. The molecule has 2 rings (SSSR count). The standard InChI is InChI=1S/C10H9N.2Na.2H/c11-10-7-3-5-8-4-1-2-6-9(8)10;;;;/h1-7H,11H2;;;;. The average Bonchev–Trinajstić information content (AvgIpc) is 2.06. The first-order valence-electron chi connectivity index (χ1n) is 3.61. The van der Waals surface area contributed by atoms with Crippen LogP contribution in [0.4, 0.5) is 5.69 Å². The summed E-state index contributed by atoms with van der Waals surface area (Å²) in [6, 6.07) is 14.1. The molecular formula is C10H11NNa2. The quantitative estimate of drug-likeness (QED) is 0.490. The summed E-state index contributed by atoms with van der Waals surface area (Å²) in [5.41, 5.74) is 6.61. The van der Waals surface area contributed by atoms with Crippen molar-refractivity contribution < 1.29 is 0 Å². The van der Waals surface area contributed by atoms with E-state index in [-0.39, 0.29) is 59.1 Å². The number of nitrogens with two attached hydrogens (primary N) is 1. The zero-order chi connectivity index (χ0) is 7.68. The third-order valence-corrected chi connectivity index (χ3v) is 1.82. The van der Waals surface area contributed by atoms with E-state index >= 15 is 0 Å². The van der Waals surface area contributed by atoms with Crippen LogP contribution in [0, 0.1) is 0 Å². The summed E-state index contributed by atoms with van der Waals surface area (Å²) in [4.78, 5) is 0. The van der Waals surface area contributed by atoms with Gasteiger partial charge in [0.05, 0.1) is 0 Å². The summed E-state index contributed by atoms with van der Waals surface area (Å²) in [5, 5.41) is 2.34. The molecule has 0 aliphatic carbocycles. The molecule has 0 atom stereocenters. The number of rotatable bonds is 0. The Morgan fingerprint density at radius 2 is 1.38 bits per heavy atom. The van der Waals surface area contributed by atoms with E-state index in [0.29, 0.717) is 0 Å². The molecule has 3 heteroatoms. The van der Waals surface area contributed by atoms with Crippen LogP contribution in [0.25, 0.3) is 10.8 Å². The molecule has 2 aromatic rings. The van der Waals surface area contributed by atoms with Crippen molar-refractivity contribution in [2.45, 2.75) is 0 Å². The number of hydrogen-bond donors (Lipinski definition) is 1. The molecule has 13 heavy (non-hydrogen) atoms. The second kappa shape index (κ2) is 6.07. The Morgan fingerprint density at radius 1 is 0.769 bits per heavy atom. The van der Waals surface area contributed by atoms with E-state index in [9.17, 15) is 0 Å². The summed E-state index contributed by atoms with van der Waals surface area (Å²) < 4.78 is 0. The minimum absolute atomic E-state index is 0. The first kappa shape index (κ1) is 13.5. The van der Waals surface area contributed by atoms with Crippen molar-refractivity contribution in [2.24, 2.45) is 0 Å². The number of nitrogen functional groups attached to an aromatic ring is 1. The number of fused-ring (bicyclic) bond motifs is 1. The van der Waals surface area contributed by atoms with E-state index in [4.69, 9.17) is 5.73 Å². The van der Waals surface area contributed by atoms with Crippen molar-refractivity contribution in [3.63, 3.8) is 0 Å². The number of benzene rings is 2. The topological polar surface area (TPSA) is 26.0 Å². The number of anilines is 1. The molecule has 0 radical (unpaired) electrons. The fourth-order valence-corrected chi connectivity index (χ4v) is 1.25. The maximum atomic E-state index is 5.76. The molecule has 0 spiro atoms. The summed E-state index contributed by atoms with van der Waals surface area (Å²) in [7, 11) is 0. The molecule has 58 valence electrons. The van der Waals surface area contributed by atoms with E-state index in [2.05, 4.69) is 12.1 Å². The Hall–Kier alpha value is 0.500. The van der Waals surface area contributed by atoms with Gasteiger partial charge in [0.25, 0.3) is 0 Å². The van der Waals surface area contributed by atoms with Gasteiger partial charge in [-0.05, 0) is 11.5 Å². The normalized spacial score (nSPS) is 8.62. The Balaban J connectivity index is 0.000000720. The first-order chi connectivity index (χ1) is 5.38. The maximum absolute atomic E-state index is 5.76. The predicted octanol–water partition coefficient (Wildman–Crippen LogP) is 1.12. The van der Waals surface area contributed by atoms with Gasteiger partial charge in [-0.15, -0.1) is 0 Å². The van der Waals surface area contributed by atoms with Crippen LogP contribution in [-0.2, 0) is 0 Å². The van der Waals surface area contributed by atoms with Gasteiger partial charge in [0.2, 0.25) is 0 Å². The van der Waals surface area contributed by atoms with Gasteiger partial charge in [-0.25, -0.2) is 0 Å². The fraction of sp³-hybridized carbons (Fsp3) is 0. The third kappa shape index (κ3) is 2.98. The van der Waals surface area contributed by atoms with Gasteiger partial charge in [-0.3, -0.25) is 0 Å². The Bertz CT molecular complexity index is 382. The van der Waals surface area contributed by atoms with E-state index < -0.39 is 0 Å². The minimum atomic E-state index is 0. The molecule has 0 aliphatic rings. The molecule has 0 aromatic heterocycles. The Morgan fingerprint density at radius 3 is 2.08 bits per heavy atom. The summed E-state index contributed by atoms with van der Waals surface area (Å²) >= 11 is 0. The van der Waals surface area contributed by atoms with Gasteiger partial charge in [-0.2, -0.15) is 0 Å². The van der Waals surface area contributed by atoms with Gasteiger partial charge >= 0.3 is 59.1 Å². The second-order valence-corrected chi connectivity index (χ2v) is 2.57. The average molecular weight is 191 g/mol.